The van der Waals surface area contributed by atoms with Crippen LogP contribution in [0.4, 0.5) is 10.8 Å². The molecule has 1 aliphatic rings. The third kappa shape index (κ3) is 3.06. The lowest BCUT2D eigenvalue weighted by atomic mass is 10.1. The highest BCUT2D eigenvalue weighted by Crippen LogP contribution is 2.28. The van der Waals surface area contributed by atoms with Crippen molar-refractivity contribution in [3.8, 4) is 0 Å². The van der Waals surface area contributed by atoms with Crippen LogP contribution in [0, 0.1) is 5.92 Å². The van der Waals surface area contributed by atoms with E-state index in [4.69, 9.17) is 11.6 Å². The zero-order valence-electron chi connectivity index (χ0n) is 11.0. The van der Waals surface area contributed by atoms with Crippen LogP contribution in [-0.4, -0.2) is 23.3 Å². The van der Waals surface area contributed by atoms with Crippen molar-refractivity contribution in [2.45, 2.75) is 6.42 Å². The van der Waals surface area contributed by atoms with E-state index >= 15 is 0 Å². The average molecular weight is 322 g/mol. The van der Waals surface area contributed by atoms with Crippen LogP contribution in [0.25, 0.3) is 0 Å². The molecule has 3 rings (SSSR count). The molecule has 0 aliphatic carbocycles. The molecule has 2 aromatic rings. The first-order valence-electron chi connectivity index (χ1n) is 6.40. The minimum Gasteiger partial charge on any atom is -0.312 e. The predicted octanol–water partition coefficient (Wildman–Crippen LogP) is 2.79. The Bertz CT molecular complexity index is 675. The summed E-state index contributed by atoms with van der Waals surface area (Å²) in [5.74, 6) is -0.625. The number of carbonyl (C=O) groups excluding carboxylic acids is 2. The third-order valence-corrected chi connectivity index (χ3v) is 4.20. The summed E-state index contributed by atoms with van der Waals surface area (Å²) in [5.41, 5.74) is 0.719. The van der Waals surface area contributed by atoms with E-state index < -0.39 is 0 Å². The van der Waals surface area contributed by atoms with Gasteiger partial charge in [-0.05, 0) is 18.2 Å². The zero-order valence-corrected chi connectivity index (χ0v) is 12.5. The zero-order chi connectivity index (χ0) is 14.8. The van der Waals surface area contributed by atoms with Gasteiger partial charge in [-0.1, -0.05) is 17.7 Å². The Balaban J connectivity index is 1.71. The van der Waals surface area contributed by atoms with Crippen molar-refractivity contribution in [3.63, 3.8) is 0 Å². The van der Waals surface area contributed by atoms with E-state index in [0.717, 1.165) is 5.69 Å². The second-order valence-corrected chi connectivity index (χ2v) is 6.04. The second-order valence-electron chi connectivity index (χ2n) is 4.71. The molecule has 1 N–H and O–H groups in total. The van der Waals surface area contributed by atoms with Crippen molar-refractivity contribution in [1.29, 1.82) is 0 Å². The van der Waals surface area contributed by atoms with E-state index in [1.54, 1.807) is 34.7 Å². The van der Waals surface area contributed by atoms with Gasteiger partial charge in [0.15, 0.2) is 5.13 Å². The fraction of sp³-hybridized carbons (Fsp3) is 0.214. The SMILES string of the molecule is O=C(Nc1nccs1)C1CC(=O)N(c2cccc(Cl)c2)C1. The van der Waals surface area contributed by atoms with Crippen molar-refractivity contribution >= 4 is 45.6 Å². The minimum absolute atomic E-state index is 0.0726. The monoisotopic (exact) mass is 321 g/mol. The number of halogens is 1. The Morgan fingerprint density at radius 3 is 3.05 bits per heavy atom. The standard InChI is InChI=1S/C14H12ClN3O2S/c15-10-2-1-3-11(7-10)18-8-9(6-12(18)19)13(20)17-14-16-4-5-21-14/h1-5,7,9H,6,8H2,(H,16,17,20). The fourth-order valence-corrected chi connectivity index (χ4v) is 2.99. The molecular weight excluding hydrogens is 310 g/mol. The van der Waals surface area contributed by atoms with E-state index in [1.807, 2.05) is 6.07 Å². The quantitative estimate of drug-likeness (QED) is 0.945. The van der Waals surface area contributed by atoms with Crippen molar-refractivity contribution in [1.82, 2.24) is 4.98 Å². The maximum atomic E-state index is 12.2. The number of hydrogen-bond donors (Lipinski definition) is 1. The summed E-state index contributed by atoms with van der Waals surface area (Å²) >= 11 is 7.29. The predicted molar refractivity (Wildman–Crippen MR) is 82.7 cm³/mol. The van der Waals surface area contributed by atoms with Gasteiger partial charge in [0, 0.05) is 35.3 Å². The van der Waals surface area contributed by atoms with E-state index in [2.05, 4.69) is 10.3 Å². The molecular formula is C14H12ClN3O2S. The molecule has 0 bridgehead atoms. The average Bonchev–Trinajstić information content (AvgIpc) is 3.08. The lowest BCUT2D eigenvalue weighted by molar-refractivity contribution is -0.122. The molecule has 1 atom stereocenters. The summed E-state index contributed by atoms with van der Waals surface area (Å²) in [6, 6.07) is 7.07. The third-order valence-electron chi connectivity index (χ3n) is 3.28. The summed E-state index contributed by atoms with van der Waals surface area (Å²) in [5, 5.41) is 5.63. The van der Waals surface area contributed by atoms with E-state index in [0.29, 0.717) is 16.7 Å². The number of thiazole rings is 1. The first-order valence-corrected chi connectivity index (χ1v) is 7.65. The van der Waals surface area contributed by atoms with Gasteiger partial charge in [0.05, 0.1) is 5.92 Å². The maximum absolute atomic E-state index is 12.2. The Labute approximate surface area is 130 Å². The van der Waals surface area contributed by atoms with Crippen molar-refractivity contribution in [3.05, 3.63) is 40.9 Å². The maximum Gasteiger partial charge on any atom is 0.231 e. The number of nitrogens with zero attached hydrogens (tertiary/aromatic N) is 2. The minimum atomic E-state index is -0.375. The van der Waals surface area contributed by atoms with Crippen LogP contribution in [0.1, 0.15) is 6.42 Å². The summed E-state index contributed by atoms with van der Waals surface area (Å²) in [6.45, 7) is 0.358. The Morgan fingerprint density at radius 2 is 2.33 bits per heavy atom. The first-order chi connectivity index (χ1) is 10.1. The van der Waals surface area contributed by atoms with Crippen molar-refractivity contribution in [2.75, 3.05) is 16.8 Å². The molecule has 2 heterocycles. The highest BCUT2D eigenvalue weighted by molar-refractivity contribution is 7.13. The Kier molecular flexibility index (Phi) is 3.90. The van der Waals surface area contributed by atoms with Gasteiger partial charge in [0.1, 0.15) is 0 Å². The van der Waals surface area contributed by atoms with Crippen LogP contribution in [0.15, 0.2) is 35.8 Å². The lowest BCUT2D eigenvalue weighted by Crippen LogP contribution is -2.28. The number of aromatic nitrogens is 1. The molecule has 1 aromatic carbocycles. The van der Waals surface area contributed by atoms with Crippen LogP contribution in [0.3, 0.4) is 0 Å². The van der Waals surface area contributed by atoms with Gasteiger partial charge in [0.25, 0.3) is 0 Å². The topological polar surface area (TPSA) is 62.3 Å². The van der Waals surface area contributed by atoms with E-state index in [-0.39, 0.29) is 24.2 Å². The highest BCUT2D eigenvalue weighted by atomic mass is 35.5. The fourth-order valence-electron chi connectivity index (χ4n) is 2.27. The summed E-state index contributed by atoms with van der Waals surface area (Å²) in [7, 11) is 0. The van der Waals surface area contributed by atoms with Crippen LogP contribution in [-0.2, 0) is 9.59 Å². The van der Waals surface area contributed by atoms with Crippen LogP contribution >= 0.6 is 22.9 Å². The number of benzene rings is 1. The van der Waals surface area contributed by atoms with Crippen LogP contribution in [0.2, 0.25) is 5.02 Å². The lowest BCUT2D eigenvalue weighted by Gasteiger charge is -2.16. The van der Waals surface area contributed by atoms with Crippen LogP contribution < -0.4 is 10.2 Å². The number of amides is 2. The molecule has 2 amide bonds. The molecule has 1 aromatic heterocycles. The largest absolute Gasteiger partial charge is 0.312 e. The van der Waals surface area contributed by atoms with Crippen molar-refractivity contribution in [2.24, 2.45) is 5.92 Å². The van der Waals surface area contributed by atoms with Crippen LogP contribution in [0.5, 0.6) is 0 Å². The molecule has 1 unspecified atom stereocenters. The van der Waals surface area contributed by atoms with Gasteiger partial charge in [-0.3, -0.25) is 9.59 Å². The molecule has 1 fully saturated rings. The van der Waals surface area contributed by atoms with Gasteiger partial charge in [-0.25, -0.2) is 4.98 Å². The Hall–Kier alpha value is -1.92. The molecule has 7 heteroatoms. The van der Waals surface area contributed by atoms with Crippen molar-refractivity contribution < 1.29 is 9.59 Å². The molecule has 108 valence electrons. The number of carbonyl (C=O) groups is 2. The van der Waals surface area contributed by atoms with Gasteiger partial charge < -0.3 is 10.2 Å². The number of hydrogen-bond acceptors (Lipinski definition) is 4. The number of anilines is 2. The molecule has 0 radical (unpaired) electrons. The number of nitrogens with one attached hydrogen (secondary N) is 1. The second kappa shape index (κ2) is 5.83. The normalized spacial score (nSPS) is 18.0. The Morgan fingerprint density at radius 1 is 1.48 bits per heavy atom. The highest BCUT2D eigenvalue weighted by Gasteiger charge is 2.35. The van der Waals surface area contributed by atoms with Gasteiger partial charge in [-0.15, -0.1) is 11.3 Å². The molecule has 0 saturated carbocycles. The summed E-state index contributed by atoms with van der Waals surface area (Å²) < 4.78 is 0. The van der Waals surface area contributed by atoms with E-state index in [1.165, 1.54) is 11.3 Å². The molecule has 1 aliphatic heterocycles. The smallest absolute Gasteiger partial charge is 0.231 e. The number of rotatable bonds is 3. The van der Waals surface area contributed by atoms with Gasteiger partial charge in [-0.2, -0.15) is 0 Å². The van der Waals surface area contributed by atoms with Gasteiger partial charge >= 0.3 is 0 Å². The summed E-state index contributed by atoms with van der Waals surface area (Å²) in [4.78, 5) is 29.8. The molecule has 5 nitrogen and oxygen atoms in total. The first kappa shape index (κ1) is 14.0. The molecule has 21 heavy (non-hydrogen) atoms. The summed E-state index contributed by atoms with van der Waals surface area (Å²) in [6.07, 6.45) is 1.82. The molecule has 0 spiro atoms. The van der Waals surface area contributed by atoms with Gasteiger partial charge in [0.2, 0.25) is 11.8 Å². The molecule has 1 saturated heterocycles. The van der Waals surface area contributed by atoms with E-state index in [9.17, 15) is 9.59 Å².